The van der Waals surface area contributed by atoms with Gasteiger partial charge in [0.2, 0.25) is 0 Å². The van der Waals surface area contributed by atoms with Gasteiger partial charge in [-0.15, -0.1) is 0 Å². The Kier molecular flexibility index (Phi) is 4.12. The molecule has 1 heterocycles. The zero-order chi connectivity index (χ0) is 19.0. The number of benzene rings is 3. The van der Waals surface area contributed by atoms with Crippen LogP contribution in [0, 0.1) is 6.92 Å². The molecular weight excluding hydrogens is 340 g/mol. The molecule has 2 amide bonds. The third-order valence-electron chi connectivity index (χ3n) is 4.50. The van der Waals surface area contributed by atoms with E-state index < -0.39 is 0 Å². The Labute approximate surface area is 157 Å². The van der Waals surface area contributed by atoms with E-state index in [2.05, 4.69) is 5.32 Å². The highest BCUT2D eigenvalue weighted by atomic mass is 16.5. The number of para-hydroxylation sites is 1. The van der Waals surface area contributed by atoms with Crippen LogP contribution in [-0.2, 0) is 0 Å². The number of nitrogens with one attached hydrogen (secondary N) is 1. The molecule has 3 aromatic carbocycles. The van der Waals surface area contributed by atoms with Crippen molar-refractivity contribution in [1.82, 2.24) is 0 Å². The minimum Gasteiger partial charge on any atom is -0.454 e. The molecular formula is C22H18N2O3. The normalized spacial score (nSPS) is 12.5. The van der Waals surface area contributed by atoms with Gasteiger partial charge in [0.1, 0.15) is 5.75 Å². The summed E-state index contributed by atoms with van der Waals surface area (Å²) < 4.78 is 5.93. The summed E-state index contributed by atoms with van der Waals surface area (Å²) in [5.74, 6) is 0.714. The van der Waals surface area contributed by atoms with Gasteiger partial charge in [-0.05, 0) is 49.4 Å². The third-order valence-corrected chi connectivity index (χ3v) is 4.50. The molecule has 1 aliphatic heterocycles. The summed E-state index contributed by atoms with van der Waals surface area (Å²) in [5.41, 5.74) is 3.29. The lowest BCUT2D eigenvalue weighted by Gasteiger charge is -2.17. The van der Waals surface area contributed by atoms with Crippen molar-refractivity contribution in [2.24, 2.45) is 0 Å². The second kappa shape index (κ2) is 6.61. The van der Waals surface area contributed by atoms with Gasteiger partial charge in [0.25, 0.3) is 11.8 Å². The fourth-order valence-electron chi connectivity index (χ4n) is 3.07. The molecule has 0 fully saturated rings. The number of hydrogen-bond donors (Lipinski definition) is 1. The molecule has 134 valence electrons. The molecule has 0 saturated carbocycles. The highest BCUT2D eigenvalue weighted by molar-refractivity contribution is 6.10. The van der Waals surface area contributed by atoms with E-state index >= 15 is 0 Å². The van der Waals surface area contributed by atoms with E-state index in [1.807, 2.05) is 31.2 Å². The largest absolute Gasteiger partial charge is 0.454 e. The number of carbonyl (C=O) groups is 2. The van der Waals surface area contributed by atoms with Gasteiger partial charge in [-0.1, -0.05) is 29.8 Å². The predicted octanol–water partition coefficient (Wildman–Crippen LogP) is 4.63. The van der Waals surface area contributed by atoms with Gasteiger partial charge in [-0.3, -0.25) is 9.59 Å². The van der Waals surface area contributed by atoms with Gasteiger partial charge in [-0.25, -0.2) is 0 Å². The van der Waals surface area contributed by atoms with E-state index in [1.165, 1.54) is 4.90 Å². The summed E-state index contributed by atoms with van der Waals surface area (Å²) in [6.45, 7) is 1.94. The average molecular weight is 358 g/mol. The summed E-state index contributed by atoms with van der Waals surface area (Å²) in [6, 6.07) is 19.8. The summed E-state index contributed by atoms with van der Waals surface area (Å²) >= 11 is 0. The number of rotatable bonds is 2. The first-order valence-electron chi connectivity index (χ1n) is 8.60. The van der Waals surface area contributed by atoms with Gasteiger partial charge in [0, 0.05) is 18.3 Å². The molecule has 27 heavy (non-hydrogen) atoms. The van der Waals surface area contributed by atoms with Crippen molar-refractivity contribution in [3.8, 4) is 11.5 Å². The maximum Gasteiger partial charge on any atom is 0.261 e. The molecule has 1 aliphatic rings. The Morgan fingerprint density at radius 1 is 0.963 bits per heavy atom. The minimum absolute atomic E-state index is 0.161. The van der Waals surface area contributed by atoms with E-state index in [0.717, 1.165) is 5.56 Å². The lowest BCUT2D eigenvalue weighted by atomic mass is 10.1. The van der Waals surface area contributed by atoms with Gasteiger partial charge in [-0.2, -0.15) is 0 Å². The van der Waals surface area contributed by atoms with Gasteiger partial charge in [0.15, 0.2) is 5.75 Å². The van der Waals surface area contributed by atoms with Gasteiger partial charge < -0.3 is 15.0 Å². The molecule has 0 bridgehead atoms. The van der Waals surface area contributed by atoms with Crippen LogP contribution in [0.5, 0.6) is 11.5 Å². The average Bonchev–Trinajstić information content (AvgIpc) is 2.78. The van der Waals surface area contributed by atoms with Crippen LogP contribution in [0.25, 0.3) is 0 Å². The molecule has 1 N–H and O–H groups in total. The Bertz CT molecular complexity index is 1060. The number of amides is 2. The van der Waals surface area contributed by atoms with Crippen LogP contribution in [0.4, 0.5) is 11.4 Å². The van der Waals surface area contributed by atoms with Crippen LogP contribution < -0.4 is 15.0 Å². The Balaban J connectivity index is 1.66. The maximum atomic E-state index is 12.8. The van der Waals surface area contributed by atoms with E-state index in [4.69, 9.17) is 4.74 Å². The SMILES string of the molecule is Cc1cccc(C(=O)Nc2ccc3c(c2)N(C)C(=O)c2ccccc2O3)c1. The quantitative estimate of drug-likeness (QED) is 0.727. The van der Waals surface area contributed by atoms with E-state index in [-0.39, 0.29) is 11.8 Å². The fourth-order valence-corrected chi connectivity index (χ4v) is 3.07. The molecule has 0 saturated heterocycles. The number of carbonyl (C=O) groups excluding carboxylic acids is 2. The van der Waals surface area contributed by atoms with Crippen molar-refractivity contribution in [3.63, 3.8) is 0 Å². The van der Waals surface area contributed by atoms with Gasteiger partial charge >= 0.3 is 0 Å². The minimum atomic E-state index is -0.203. The number of nitrogens with zero attached hydrogens (tertiary/aromatic N) is 1. The standard InChI is InChI=1S/C22H18N2O3/c1-14-6-5-7-15(12-14)21(25)23-16-10-11-20-18(13-16)24(2)22(26)17-8-3-4-9-19(17)27-20/h3-13H,1-2H3,(H,23,25). The zero-order valence-corrected chi connectivity index (χ0v) is 15.0. The highest BCUT2D eigenvalue weighted by Crippen LogP contribution is 2.39. The second-order valence-corrected chi connectivity index (χ2v) is 6.47. The monoisotopic (exact) mass is 358 g/mol. The first kappa shape index (κ1) is 16.8. The van der Waals surface area contributed by atoms with Crippen LogP contribution in [0.1, 0.15) is 26.3 Å². The molecule has 3 aromatic rings. The van der Waals surface area contributed by atoms with Crippen molar-refractivity contribution in [1.29, 1.82) is 0 Å². The first-order valence-corrected chi connectivity index (χ1v) is 8.60. The summed E-state index contributed by atoms with van der Waals surface area (Å²) in [5, 5.41) is 2.88. The number of fused-ring (bicyclic) bond motifs is 2. The van der Waals surface area contributed by atoms with Crippen molar-refractivity contribution in [2.75, 3.05) is 17.3 Å². The number of ether oxygens (including phenoxy) is 1. The summed E-state index contributed by atoms with van der Waals surface area (Å²) in [6.07, 6.45) is 0. The Morgan fingerprint density at radius 3 is 2.59 bits per heavy atom. The van der Waals surface area contributed by atoms with Crippen LogP contribution in [-0.4, -0.2) is 18.9 Å². The lowest BCUT2D eigenvalue weighted by molar-refractivity contribution is 0.0991. The predicted molar refractivity (Wildman–Crippen MR) is 105 cm³/mol. The van der Waals surface area contributed by atoms with Crippen LogP contribution in [0.2, 0.25) is 0 Å². The van der Waals surface area contributed by atoms with Crippen molar-refractivity contribution < 1.29 is 14.3 Å². The molecule has 4 rings (SSSR count). The molecule has 5 heteroatoms. The van der Waals surface area contributed by atoms with Crippen molar-refractivity contribution in [3.05, 3.63) is 83.4 Å². The lowest BCUT2D eigenvalue weighted by Crippen LogP contribution is -2.25. The number of aryl methyl sites for hydroxylation is 1. The zero-order valence-electron chi connectivity index (χ0n) is 15.0. The molecule has 0 atom stereocenters. The summed E-state index contributed by atoms with van der Waals surface area (Å²) in [4.78, 5) is 26.8. The third kappa shape index (κ3) is 3.15. The van der Waals surface area contributed by atoms with Crippen molar-refractivity contribution >= 4 is 23.2 Å². The van der Waals surface area contributed by atoms with Crippen LogP contribution >= 0.6 is 0 Å². The molecule has 0 spiro atoms. The number of hydrogen-bond acceptors (Lipinski definition) is 3. The topological polar surface area (TPSA) is 58.6 Å². The molecule has 5 nitrogen and oxygen atoms in total. The van der Waals surface area contributed by atoms with Crippen LogP contribution in [0.15, 0.2) is 66.7 Å². The molecule has 0 radical (unpaired) electrons. The Hall–Kier alpha value is -3.60. The smallest absolute Gasteiger partial charge is 0.261 e. The highest BCUT2D eigenvalue weighted by Gasteiger charge is 2.25. The molecule has 0 aromatic heterocycles. The summed E-state index contributed by atoms with van der Waals surface area (Å²) in [7, 11) is 1.69. The van der Waals surface area contributed by atoms with Crippen molar-refractivity contribution in [2.45, 2.75) is 6.92 Å². The Morgan fingerprint density at radius 2 is 1.78 bits per heavy atom. The van der Waals surface area contributed by atoms with E-state index in [0.29, 0.717) is 34.0 Å². The van der Waals surface area contributed by atoms with E-state index in [9.17, 15) is 9.59 Å². The first-order chi connectivity index (χ1) is 13.0. The number of anilines is 2. The van der Waals surface area contributed by atoms with E-state index in [1.54, 1.807) is 49.5 Å². The molecule has 0 unspecified atom stereocenters. The van der Waals surface area contributed by atoms with Gasteiger partial charge in [0.05, 0.1) is 11.3 Å². The van der Waals surface area contributed by atoms with Crippen LogP contribution in [0.3, 0.4) is 0 Å². The maximum absolute atomic E-state index is 12.8. The fraction of sp³-hybridized carbons (Fsp3) is 0.0909. The second-order valence-electron chi connectivity index (χ2n) is 6.47. The molecule has 0 aliphatic carbocycles.